The number of methoxy groups -OCH3 is 1. The number of nitrogens with zero attached hydrogens (tertiary/aromatic N) is 1. The van der Waals surface area contributed by atoms with E-state index in [1.165, 1.54) is 23.8 Å². The van der Waals surface area contributed by atoms with Crippen LogP contribution in [0, 0.1) is 11.8 Å². The monoisotopic (exact) mass is 606 g/mol. The van der Waals surface area contributed by atoms with Crippen LogP contribution in [0.5, 0.6) is 11.5 Å². The van der Waals surface area contributed by atoms with E-state index in [9.17, 15) is 19.5 Å². The highest BCUT2D eigenvalue weighted by Crippen LogP contribution is 2.53. The third kappa shape index (κ3) is 5.75. The molecule has 0 bridgehead atoms. The molecule has 2 saturated heterocycles. The Kier molecular flexibility index (Phi) is 9.45. The van der Waals surface area contributed by atoms with Gasteiger partial charge in [0.15, 0.2) is 11.5 Å². The molecule has 5 rings (SSSR count). The number of ether oxygens (including phenoxy) is 2. The second-order valence-corrected chi connectivity index (χ2v) is 12.4. The Morgan fingerprint density at radius 1 is 0.976 bits per heavy atom. The quantitative estimate of drug-likeness (QED) is 0.208. The molecule has 42 heavy (non-hydrogen) atoms. The lowest BCUT2D eigenvalue weighted by Gasteiger charge is -2.31. The number of benzene rings is 3. The van der Waals surface area contributed by atoms with Gasteiger partial charge in [0.2, 0.25) is 11.8 Å². The molecule has 0 radical (unpaired) electrons. The molecular formula is C32H34N2O6S2. The molecular weight excluding hydrogens is 572 g/mol. The topological polar surface area (TPSA) is 105 Å². The third-order valence-corrected chi connectivity index (χ3v) is 9.55. The molecule has 4 atom stereocenters. The van der Waals surface area contributed by atoms with Crippen LogP contribution >= 0.6 is 23.5 Å². The van der Waals surface area contributed by atoms with E-state index in [1.807, 2.05) is 73.0 Å². The van der Waals surface area contributed by atoms with E-state index in [2.05, 4.69) is 5.32 Å². The van der Waals surface area contributed by atoms with Gasteiger partial charge in [0.05, 0.1) is 18.9 Å². The number of imide groups is 1. The number of aliphatic carboxylic acids is 1. The van der Waals surface area contributed by atoms with E-state index in [-0.39, 0.29) is 25.5 Å². The Morgan fingerprint density at radius 2 is 1.69 bits per heavy atom. The van der Waals surface area contributed by atoms with E-state index in [0.29, 0.717) is 28.6 Å². The minimum atomic E-state index is -1.60. The fourth-order valence-electron chi connectivity index (χ4n) is 5.94. The molecule has 220 valence electrons. The number of carboxylic acid groups (broad SMARTS) is 1. The number of carbonyl (C=O) groups is 3. The summed E-state index contributed by atoms with van der Waals surface area (Å²) in [6, 6.07) is 24.0. The molecule has 4 unspecified atom stereocenters. The highest BCUT2D eigenvalue weighted by Gasteiger charge is 2.68. The van der Waals surface area contributed by atoms with Gasteiger partial charge in [-0.15, -0.1) is 11.8 Å². The molecule has 2 fully saturated rings. The number of thioether (sulfide) groups is 2. The average molecular weight is 607 g/mol. The van der Waals surface area contributed by atoms with Crippen LogP contribution in [0.2, 0.25) is 0 Å². The first-order valence-electron chi connectivity index (χ1n) is 13.8. The smallest absolute Gasteiger partial charge is 0.324 e. The van der Waals surface area contributed by atoms with Gasteiger partial charge in [-0.1, -0.05) is 60.7 Å². The molecule has 2 N–H and O–H groups in total. The van der Waals surface area contributed by atoms with Gasteiger partial charge < -0.3 is 14.6 Å². The molecule has 2 heterocycles. The van der Waals surface area contributed by atoms with Gasteiger partial charge in [0.25, 0.3) is 0 Å². The standard InChI is InChI=1S/C32H34N2O6S2/c1-39-24-15-9-14-23(28(24)40-20-21-10-5-3-6-11-21)27-25-26(32(33-27,31(37)38)16-18-41-2)30(36)34(29(25)35)17-19-42-22-12-7-4-8-13-22/h3-15,25-27,33H,16-20H2,1-2H3,(H,37,38). The van der Waals surface area contributed by atoms with Crippen molar-refractivity contribution in [3.05, 3.63) is 90.0 Å². The Balaban J connectivity index is 1.50. The zero-order chi connectivity index (χ0) is 29.7. The highest BCUT2D eigenvalue weighted by molar-refractivity contribution is 7.99. The van der Waals surface area contributed by atoms with Crippen molar-refractivity contribution in [2.24, 2.45) is 11.8 Å². The molecule has 0 spiro atoms. The van der Waals surface area contributed by atoms with Crippen LogP contribution < -0.4 is 14.8 Å². The summed E-state index contributed by atoms with van der Waals surface area (Å²) in [6.07, 6.45) is 2.09. The molecule has 3 aromatic rings. The Labute approximate surface area is 254 Å². The van der Waals surface area contributed by atoms with Crippen LogP contribution in [0.15, 0.2) is 83.8 Å². The van der Waals surface area contributed by atoms with Gasteiger partial charge in [-0.05, 0) is 42.2 Å². The number of rotatable bonds is 13. The number of nitrogens with one attached hydrogen (secondary N) is 1. The largest absolute Gasteiger partial charge is 0.493 e. The highest BCUT2D eigenvalue weighted by atomic mass is 32.2. The van der Waals surface area contributed by atoms with E-state index < -0.39 is 35.3 Å². The van der Waals surface area contributed by atoms with Gasteiger partial charge in [0.1, 0.15) is 12.1 Å². The molecule has 2 aliphatic heterocycles. The second-order valence-electron chi connectivity index (χ2n) is 10.3. The second kappa shape index (κ2) is 13.2. The van der Waals surface area contributed by atoms with Gasteiger partial charge in [-0.25, -0.2) is 0 Å². The summed E-state index contributed by atoms with van der Waals surface area (Å²) in [7, 11) is 1.54. The number of carbonyl (C=O) groups excluding carboxylic acids is 2. The van der Waals surface area contributed by atoms with Crippen molar-refractivity contribution in [2.45, 2.75) is 29.5 Å². The van der Waals surface area contributed by atoms with Crippen LogP contribution in [-0.4, -0.2) is 64.7 Å². The number of fused-ring (bicyclic) bond motifs is 1. The van der Waals surface area contributed by atoms with Crippen LogP contribution in [-0.2, 0) is 21.0 Å². The summed E-state index contributed by atoms with van der Waals surface area (Å²) in [4.78, 5) is 43.3. The van der Waals surface area contributed by atoms with Gasteiger partial charge >= 0.3 is 5.97 Å². The maximum Gasteiger partial charge on any atom is 0.324 e. The average Bonchev–Trinajstić information content (AvgIpc) is 3.49. The van der Waals surface area contributed by atoms with E-state index in [0.717, 1.165) is 10.5 Å². The molecule has 2 amide bonds. The normalized spacial score (nSPS) is 23.2. The summed E-state index contributed by atoms with van der Waals surface area (Å²) in [5.74, 6) is -1.98. The minimum Gasteiger partial charge on any atom is -0.493 e. The van der Waals surface area contributed by atoms with Crippen molar-refractivity contribution >= 4 is 41.3 Å². The van der Waals surface area contributed by atoms with Crippen LogP contribution in [0.25, 0.3) is 0 Å². The van der Waals surface area contributed by atoms with Crippen LogP contribution in [0.1, 0.15) is 23.6 Å². The maximum absolute atomic E-state index is 14.0. The zero-order valence-electron chi connectivity index (χ0n) is 23.5. The van der Waals surface area contributed by atoms with Crippen LogP contribution in [0.3, 0.4) is 0 Å². The van der Waals surface area contributed by atoms with Crippen molar-refractivity contribution in [1.82, 2.24) is 10.2 Å². The van der Waals surface area contributed by atoms with E-state index in [1.54, 1.807) is 23.9 Å². The van der Waals surface area contributed by atoms with E-state index in [4.69, 9.17) is 9.47 Å². The number of amides is 2. The van der Waals surface area contributed by atoms with Crippen molar-refractivity contribution in [2.75, 3.05) is 31.4 Å². The summed E-state index contributed by atoms with van der Waals surface area (Å²) in [5.41, 5.74) is -0.0680. The number of carboxylic acids is 1. The molecule has 0 aliphatic carbocycles. The lowest BCUT2D eigenvalue weighted by Crippen LogP contribution is -2.56. The summed E-state index contributed by atoms with van der Waals surface area (Å²) < 4.78 is 11.9. The molecule has 0 saturated carbocycles. The number of hydrogen-bond donors (Lipinski definition) is 2. The lowest BCUT2D eigenvalue weighted by atomic mass is 9.78. The SMILES string of the molecule is COc1cccc(C2NC(CCSC)(C(=O)O)C3C(=O)N(CCSc4ccccc4)C(=O)C23)c1OCc1ccccc1. The Hall–Kier alpha value is -3.47. The first kappa shape index (κ1) is 30.0. The molecule has 2 aliphatic rings. The fourth-order valence-corrected chi connectivity index (χ4v) is 7.33. The molecule has 0 aromatic heterocycles. The van der Waals surface area contributed by atoms with Gasteiger partial charge in [0, 0.05) is 28.8 Å². The molecule has 3 aromatic carbocycles. The Morgan fingerprint density at radius 3 is 2.36 bits per heavy atom. The third-order valence-electron chi connectivity index (χ3n) is 7.94. The van der Waals surface area contributed by atoms with Gasteiger partial charge in [-0.3, -0.25) is 24.6 Å². The maximum atomic E-state index is 14.0. The first-order valence-corrected chi connectivity index (χ1v) is 16.2. The first-order chi connectivity index (χ1) is 20.4. The minimum absolute atomic E-state index is 0.191. The number of hydrogen-bond acceptors (Lipinski definition) is 8. The predicted octanol–water partition coefficient (Wildman–Crippen LogP) is 4.89. The van der Waals surface area contributed by atoms with Crippen molar-refractivity contribution in [3.63, 3.8) is 0 Å². The summed E-state index contributed by atoms with van der Waals surface area (Å²) >= 11 is 3.05. The number of likely N-dealkylation sites (tertiary alicyclic amines) is 1. The summed E-state index contributed by atoms with van der Waals surface area (Å²) in [5, 5.41) is 13.9. The van der Waals surface area contributed by atoms with Crippen molar-refractivity contribution in [3.8, 4) is 11.5 Å². The molecule has 8 nitrogen and oxygen atoms in total. The molecule has 10 heteroatoms. The lowest BCUT2D eigenvalue weighted by molar-refractivity contribution is -0.151. The predicted molar refractivity (Wildman–Crippen MR) is 164 cm³/mol. The van der Waals surface area contributed by atoms with E-state index >= 15 is 0 Å². The van der Waals surface area contributed by atoms with Crippen molar-refractivity contribution in [1.29, 1.82) is 0 Å². The number of para-hydroxylation sites is 1. The fraction of sp³-hybridized carbons (Fsp3) is 0.344. The van der Waals surface area contributed by atoms with Gasteiger partial charge in [-0.2, -0.15) is 11.8 Å². The van der Waals surface area contributed by atoms with Crippen LogP contribution in [0.4, 0.5) is 0 Å². The Bertz CT molecular complexity index is 1420. The zero-order valence-corrected chi connectivity index (χ0v) is 25.2. The van der Waals surface area contributed by atoms with Crippen molar-refractivity contribution < 1.29 is 29.0 Å². The summed E-state index contributed by atoms with van der Waals surface area (Å²) in [6.45, 7) is 0.450.